The van der Waals surface area contributed by atoms with Gasteiger partial charge in [0.25, 0.3) is 0 Å². The molecule has 0 saturated carbocycles. The maximum absolute atomic E-state index is 12.2. The zero-order valence-electron chi connectivity index (χ0n) is 18.4. The largest absolute Gasteiger partial charge is 0.379 e. The number of ether oxygens (including phenoxy) is 1. The molecule has 1 unspecified atom stereocenters. The normalized spacial score (nSPS) is 17.1. The van der Waals surface area contributed by atoms with E-state index in [-0.39, 0.29) is 12.3 Å². The van der Waals surface area contributed by atoms with Crippen LogP contribution in [0.15, 0.2) is 35.3 Å². The van der Waals surface area contributed by atoms with Crippen molar-refractivity contribution < 1.29 is 13.2 Å². The van der Waals surface area contributed by atoms with Crippen LogP contribution in [-0.4, -0.2) is 77.5 Å². The number of aliphatic imine (C=N–C) groups is 1. The van der Waals surface area contributed by atoms with Gasteiger partial charge in [0.05, 0.1) is 19.0 Å². The van der Waals surface area contributed by atoms with Crippen molar-refractivity contribution in [2.45, 2.75) is 32.9 Å². The van der Waals surface area contributed by atoms with Gasteiger partial charge in [0.15, 0.2) is 5.96 Å². The summed E-state index contributed by atoms with van der Waals surface area (Å²) in [5, 5.41) is 6.47. The van der Waals surface area contributed by atoms with Gasteiger partial charge in [-0.15, -0.1) is 0 Å². The Morgan fingerprint density at radius 3 is 2.50 bits per heavy atom. The minimum Gasteiger partial charge on any atom is -0.379 e. The Morgan fingerprint density at radius 1 is 1.17 bits per heavy atom. The summed E-state index contributed by atoms with van der Waals surface area (Å²) in [6.07, 6.45) is 1.09. The van der Waals surface area contributed by atoms with E-state index in [9.17, 15) is 8.42 Å². The SMILES string of the molecule is CN=C(NCCS(=O)(=O)NCc1ccccc1)NCC(CC(C)C)N1CCOCC1. The Morgan fingerprint density at radius 2 is 1.87 bits per heavy atom. The van der Waals surface area contributed by atoms with Gasteiger partial charge < -0.3 is 15.4 Å². The number of guanidine groups is 1. The van der Waals surface area contributed by atoms with Gasteiger partial charge in [-0.3, -0.25) is 9.89 Å². The highest BCUT2D eigenvalue weighted by Crippen LogP contribution is 2.13. The number of morpholine rings is 1. The molecule has 0 radical (unpaired) electrons. The van der Waals surface area contributed by atoms with Crippen molar-refractivity contribution in [3.63, 3.8) is 0 Å². The minimum absolute atomic E-state index is 0.0145. The van der Waals surface area contributed by atoms with E-state index in [1.807, 2.05) is 30.3 Å². The van der Waals surface area contributed by atoms with Crippen molar-refractivity contribution >= 4 is 16.0 Å². The summed E-state index contributed by atoms with van der Waals surface area (Å²) in [4.78, 5) is 6.69. The summed E-state index contributed by atoms with van der Waals surface area (Å²) in [5.41, 5.74) is 0.936. The topological polar surface area (TPSA) is 95.1 Å². The van der Waals surface area contributed by atoms with Gasteiger partial charge >= 0.3 is 0 Å². The van der Waals surface area contributed by atoms with E-state index < -0.39 is 10.0 Å². The van der Waals surface area contributed by atoms with Crippen molar-refractivity contribution in [2.24, 2.45) is 10.9 Å². The van der Waals surface area contributed by atoms with Crippen LogP contribution in [0.2, 0.25) is 0 Å². The van der Waals surface area contributed by atoms with Crippen LogP contribution in [-0.2, 0) is 21.3 Å². The summed E-state index contributed by atoms with van der Waals surface area (Å²) in [7, 11) is -1.67. The van der Waals surface area contributed by atoms with Crippen molar-refractivity contribution in [1.82, 2.24) is 20.3 Å². The van der Waals surface area contributed by atoms with Crippen LogP contribution in [0.25, 0.3) is 0 Å². The molecule has 0 aliphatic carbocycles. The van der Waals surface area contributed by atoms with Gasteiger partial charge in [-0.2, -0.15) is 0 Å². The smallest absolute Gasteiger partial charge is 0.213 e. The maximum Gasteiger partial charge on any atom is 0.213 e. The highest BCUT2D eigenvalue weighted by Gasteiger charge is 2.22. The molecular weight excluding hydrogens is 402 g/mol. The molecule has 1 aliphatic heterocycles. The van der Waals surface area contributed by atoms with Crippen LogP contribution in [0.5, 0.6) is 0 Å². The van der Waals surface area contributed by atoms with E-state index in [1.54, 1.807) is 7.05 Å². The first kappa shape index (κ1) is 24.6. The molecule has 2 rings (SSSR count). The molecule has 1 aromatic carbocycles. The lowest BCUT2D eigenvalue weighted by Crippen LogP contribution is -2.51. The number of rotatable bonds is 11. The predicted octanol–water partition coefficient (Wildman–Crippen LogP) is 1.02. The van der Waals surface area contributed by atoms with Crippen LogP contribution in [0.4, 0.5) is 0 Å². The fraction of sp³-hybridized carbons (Fsp3) is 0.667. The van der Waals surface area contributed by atoms with E-state index in [2.05, 4.69) is 39.1 Å². The Balaban J connectivity index is 1.75. The summed E-state index contributed by atoms with van der Waals surface area (Å²) in [6.45, 7) is 9.24. The Bertz CT molecular complexity index is 734. The second-order valence-electron chi connectivity index (χ2n) is 7.94. The zero-order valence-corrected chi connectivity index (χ0v) is 19.2. The lowest BCUT2D eigenvalue weighted by atomic mass is 10.0. The van der Waals surface area contributed by atoms with Gasteiger partial charge in [-0.25, -0.2) is 13.1 Å². The maximum atomic E-state index is 12.2. The van der Waals surface area contributed by atoms with E-state index >= 15 is 0 Å². The number of nitrogens with zero attached hydrogens (tertiary/aromatic N) is 2. The van der Waals surface area contributed by atoms with Gasteiger partial charge in [0.1, 0.15) is 0 Å². The second-order valence-corrected chi connectivity index (χ2v) is 9.86. The molecule has 0 aromatic heterocycles. The third-order valence-corrected chi connectivity index (χ3v) is 6.36. The summed E-state index contributed by atoms with van der Waals surface area (Å²) in [6, 6.07) is 9.88. The molecule has 0 amide bonds. The van der Waals surface area contributed by atoms with E-state index in [1.165, 1.54) is 0 Å². The molecule has 1 aromatic rings. The molecule has 30 heavy (non-hydrogen) atoms. The van der Waals surface area contributed by atoms with E-state index in [0.717, 1.165) is 44.8 Å². The molecule has 9 heteroatoms. The van der Waals surface area contributed by atoms with Gasteiger partial charge in [0, 0.05) is 45.8 Å². The highest BCUT2D eigenvalue weighted by molar-refractivity contribution is 7.89. The first-order chi connectivity index (χ1) is 14.4. The lowest BCUT2D eigenvalue weighted by Gasteiger charge is -2.35. The fourth-order valence-electron chi connectivity index (χ4n) is 3.45. The molecule has 0 spiro atoms. The summed E-state index contributed by atoms with van der Waals surface area (Å²) >= 11 is 0. The Hall–Kier alpha value is -1.68. The summed E-state index contributed by atoms with van der Waals surface area (Å²) < 4.78 is 32.6. The van der Waals surface area contributed by atoms with Crippen LogP contribution >= 0.6 is 0 Å². The number of hydrogen-bond donors (Lipinski definition) is 3. The van der Waals surface area contributed by atoms with Crippen molar-refractivity contribution in [3.8, 4) is 0 Å². The molecule has 1 saturated heterocycles. The van der Waals surface area contributed by atoms with Crippen LogP contribution in [0, 0.1) is 5.92 Å². The number of nitrogens with one attached hydrogen (secondary N) is 3. The summed E-state index contributed by atoms with van der Waals surface area (Å²) in [5.74, 6) is 1.20. The van der Waals surface area contributed by atoms with Crippen molar-refractivity contribution in [3.05, 3.63) is 35.9 Å². The van der Waals surface area contributed by atoms with Crippen molar-refractivity contribution in [2.75, 3.05) is 52.2 Å². The van der Waals surface area contributed by atoms with Crippen molar-refractivity contribution in [1.29, 1.82) is 0 Å². The molecule has 0 bridgehead atoms. The Labute approximate surface area is 181 Å². The van der Waals surface area contributed by atoms with E-state index in [4.69, 9.17) is 4.74 Å². The number of benzene rings is 1. The quantitative estimate of drug-likeness (QED) is 0.352. The Kier molecular flexibility index (Phi) is 10.6. The average Bonchev–Trinajstić information content (AvgIpc) is 2.75. The first-order valence-electron chi connectivity index (χ1n) is 10.7. The van der Waals surface area contributed by atoms with Gasteiger partial charge in [0.2, 0.25) is 10.0 Å². The predicted molar refractivity (Wildman–Crippen MR) is 122 cm³/mol. The third kappa shape index (κ3) is 9.42. The van der Waals surface area contributed by atoms with Gasteiger partial charge in [-0.1, -0.05) is 44.2 Å². The first-order valence-corrected chi connectivity index (χ1v) is 12.3. The molecule has 1 heterocycles. The van der Waals surface area contributed by atoms with Gasteiger partial charge in [-0.05, 0) is 17.9 Å². The van der Waals surface area contributed by atoms with Crippen LogP contribution < -0.4 is 15.4 Å². The number of sulfonamides is 1. The monoisotopic (exact) mass is 439 g/mol. The van der Waals surface area contributed by atoms with E-state index in [0.29, 0.717) is 24.5 Å². The van der Waals surface area contributed by atoms with Crippen LogP contribution in [0.1, 0.15) is 25.8 Å². The minimum atomic E-state index is -3.37. The molecular formula is C21H37N5O3S. The molecule has 1 aliphatic rings. The molecule has 8 nitrogen and oxygen atoms in total. The number of hydrogen-bond acceptors (Lipinski definition) is 5. The average molecular weight is 440 g/mol. The fourth-order valence-corrected chi connectivity index (χ4v) is 4.35. The molecule has 3 N–H and O–H groups in total. The standard InChI is InChI=1S/C21H37N5O3S/c1-18(2)15-20(26-10-12-29-13-11-26)17-24-21(22-3)23-9-14-30(27,28)25-16-19-7-5-4-6-8-19/h4-8,18,20,25H,9-17H2,1-3H3,(H2,22,23,24). The molecule has 1 fully saturated rings. The highest BCUT2D eigenvalue weighted by atomic mass is 32.2. The third-order valence-electron chi connectivity index (χ3n) is 5.04. The lowest BCUT2D eigenvalue weighted by molar-refractivity contribution is 0.0132. The second kappa shape index (κ2) is 12.9. The molecule has 170 valence electrons. The molecule has 1 atom stereocenters. The van der Waals surface area contributed by atoms with Crippen LogP contribution in [0.3, 0.4) is 0 Å². The zero-order chi connectivity index (χ0) is 21.8.